The van der Waals surface area contributed by atoms with Crippen LogP contribution >= 0.6 is 0 Å². The Morgan fingerprint density at radius 3 is 2.58 bits per heavy atom. The third kappa shape index (κ3) is 4.09. The van der Waals surface area contributed by atoms with Crippen LogP contribution in [0.15, 0.2) is 53.4 Å². The van der Waals surface area contributed by atoms with Crippen LogP contribution in [0.25, 0.3) is 0 Å². The molecular formula is C18H19FN2O4S. The number of carbonyl (C=O) groups is 1. The zero-order chi connectivity index (χ0) is 18.6. The summed E-state index contributed by atoms with van der Waals surface area (Å²) < 4.78 is 45.6. The van der Waals surface area contributed by atoms with Crippen molar-refractivity contribution >= 4 is 15.9 Å². The number of sulfonamides is 1. The van der Waals surface area contributed by atoms with Gasteiger partial charge in [0.15, 0.2) is 0 Å². The molecule has 1 saturated heterocycles. The van der Waals surface area contributed by atoms with Crippen molar-refractivity contribution in [2.45, 2.75) is 11.4 Å². The van der Waals surface area contributed by atoms with Gasteiger partial charge in [-0.1, -0.05) is 24.3 Å². The molecule has 6 nitrogen and oxygen atoms in total. The Hall–Kier alpha value is -2.29. The Morgan fingerprint density at radius 2 is 1.85 bits per heavy atom. The second kappa shape index (κ2) is 7.94. The summed E-state index contributed by atoms with van der Waals surface area (Å²) in [7, 11) is -3.67. The molecule has 26 heavy (non-hydrogen) atoms. The van der Waals surface area contributed by atoms with Crippen molar-refractivity contribution in [2.75, 3.05) is 26.3 Å². The molecule has 1 aliphatic rings. The molecule has 0 bridgehead atoms. The molecule has 0 spiro atoms. The summed E-state index contributed by atoms with van der Waals surface area (Å²) in [5.41, 5.74) is 0.655. The van der Waals surface area contributed by atoms with Gasteiger partial charge in [-0.2, -0.15) is 4.31 Å². The summed E-state index contributed by atoms with van der Waals surface area (Å²) in [6.07, 6.45) is 0. The molecule has 3 rings (SSSR count). The molecule has 0 aromatic heterocycles. The quantitative estimate of drug-likeness (QED) is 0.861. The number of carbonyl (C=O) groups excluding carboxylic acids is 1. The van der Waals surface area contributed by atoms with Gasteiger partial charge in [0, 0.05) is 25.2 Å². The fraction of sp³-hybridized carbons (Fsp3) is 0.278. The third-order valence-electron chi connectivity index (χ3n) is 4.09. The molecule has 1 N–H and O–H groups in total. The van der Waals surface area contributed by atoms with Gasteiger partial charge < -0.3 is 10.1 Å². The van der Waals surface area contributed by atoms with Gasteiger partial charge in [-0.15, -0.1) is 0 Å². The molecule has 0 unspecified atom stereocenters. The van der Waals surface area contributed by atoms with E-state index in [-0.39, 0.29) is 17.0 Å². The van der Waals surface area contributed by atoms with Gasteiger partial charge in [0.1, 0.15) is 5.82 Å². The van der Waals surface area contributed by atoms with E-state index < -0.39 is 21.7 Å². The topological polar surface area (TPSA) is 75.7 Å². The number of benzene rings is 2. The van der Waals surface area contributed by atoms with Gasteiger partial charge in [0.25, 0.3) is 5.91 Å². The van der Waals surface area contributed by atoms with Crippen molar-refractivity contribution in [1.29, 1.82) is 0 Å². The molecule has 0 radical (unpaired) electrons. The van der Waals surface area contributed by atoms with Crippen LogP contribution in [0.3, 0.4) is 0 Å². The average Bonchev–Trinajstić information content (AvgIpc) is 2.67. The van der Waals surface area contributed by atoms with Crippen molar-refractivity contribution in [3.63, 3.8) is 0 Å². The first-order valence-corrected chi connectivity index (χ1v) is 9.62. The Bertz CT molecular complexity index is 896. The second-order valence-corrected chi connectivity index (χ2v) is 7.72. The van der Waals surface area contributed by atoms with Crippen LogP contribution < -0.4 is 5.32 Å². The van der Waals surface area contributed by atoms with Gasteiger partial charge in [0.05, 0.1) is 18.1 Å². The number of nitrogens with one attached hydrogen (secondary N) is 1. The fourth-order valence-electron chi connectivity index (χ4n) is 2.73. The zero-order valence-corrected chi connectivity index (χ0v) is 14.8. The Balaban J connectivity index is 1.78. The number of amides is 1. The minimum atomic E-state index is -3.67. The first-order valence-electron chi connectivity index (χ1n) is 8.18. The maximum atomic E-state index is 13.2. The predicted molar refractivity (Wildman–Crippen MR) is 93.6 cm³/mol. The summed E-state index contributed by atoms with van der Waals surface area (Å²) in [6.45, 7) is 1.34. The van der Waals surface area contributed by atoms with Crippen LogP contribution in [0.4, 0.5) is 4.39 Å². The smallest absolute Gasteiger partial charge is 0.251 e. The number of halogens is 1. The molecule has 0 aliphatic carbocycles. The van der Waals surface area contributed by atoms with Crippen molar-refractivity contribution in [1.82, 2.24) is 9.62 Å². The second-order valence-electron chi connectivity index (χ2n) is 5.82. The number of rotatable bonds is 5. The molecule has 0 atom stereocenters. The molecular weight excluding hydrogens is 359 g/mol. The van der Waals surface area contributed by atoms with Crippen molar-refractivity contribution in [3.05, 3.63) is 65.5 Å². The summed E-state index contributed by atoms with van der Waals surface area (Å²) >= 11 is 0. The molecule has 0 saturated carbocycles. The van der Waals surface area contributed by atoms with Gasteiger partial charge >= 0.3 is 0 Å². The summed E-state index contributed by atoms with van der Waals surface area (Å²) in [4.78, 5) is 12.3. The lowest BCUT2D eigenvalue weighted by Crippen LogP contribution is -2.41. The Kier molecular flexibility index (Phi) is 5.65. The van der Waals surface area contributed by atoms with E-state index in [1.165, 1.54) is 28.6 Å². The summed E-state index contributed by atoms with van der Waals surface area (Å²) in [6, 6.07) is 11.9. The minimum absolute atomic E-state index is 0.0229. The number of nitrogens with zero attached hydrogens (tertiary/aromatic N) is 1. The van der Waals surface area contributed by atoms with E-state index in [2.05, 4.69) is 5.32 Å². The molecule has 1 heterocycles. The Morgan fingerprint density at radius 1 is 1.12 bits per heavy atom. The first-order chi connectivity index (χ1) is 12.5. The van der Waals surface area contributed by atoms with E-state index in [1.807, 2.05) is 0 Å². The van der Waals surface area contributed by atoms with Crippen molar-refractivity contribution in [3.8, 4) is 0 Å². The molecule has 1 aliphatic heterocycles. The highest BCUT2D eigenvalue weighted by Crippen LogP contribution is 2.21. The van der Waals surface area contributed by atoms with Crippen LogP contribution in [-0.2, 0) is 21.3 Å². The largest absolute Gasteiger partial charge is 0.379 e. The molecule has 1 amide bonds. The zero-order valence-electron chi connectivity index (χ0n) is 14.0. The van der Waals surface area contributed by atoms with E-state index >= 15 is 0 Å². The highest BCUT2D eigenvalue weighted by molar-refractivity contribution is 7.89. The standard InChI is InChI=1S/C18H19FN2O4S/c19-16-6-3-5-14(12-16)18(22)20-13-15-4-1-2-7-17(15)26(23,24)21-8-10-25-11-9-21/h1-7,12H,8-11,13H2,(H,20,22). The van der Waals surface area contributed by atoms with E-state index in [1.54, 1.807) is 18.2 Å². The minimum Gasteiger partial charge on any atom is -0.379 e. The molecule has 1 fully saturated rings. The summed E-state index contributed by atoms with van der Waals surface area (Å²) in [5, 5.41) is 2.64. The normalized spacial score (nSPS) is 15.6. The fourth-order valence-corrected chi connectivity index (χ4v) is 4.36. The Labute approximate surface area is 151 Å². The maximum Gasteiger partial charge on any atom is 0.251 e. The number of ether oxygens (including phenoxy) is 1. The van der Waals surface area contributed by atoms with Crippen LogP contribution in [0, 0.1) is 5.82 Å². The lowest BCUT2D eigenvalue weighted by Gasteiger charge is -2.27. The molecule has 2 aromatic carbocycles. The van der Waals surface area contributed by atoms with E-state index in [0.717, 1.165) is 6.07 Å². The van der Waals surface area contributed by atoms with Crippen LogP contribution in [0.1, 0.15) is 15.9 Å². The van der Waals surface area contributed by atoms with Crippen LogP contribution in [0.5, 0.6) is 0 Å². The van der Waals surface area contributed by atoms with Gasteiger partial charge in [0.2, 0.25) is 10.0 Å². The van der Waals surface area contributed by atoms with E-state index in [9.17, 15) is 17.6 Å². The average molecular weight is 378 g/mol. The highest BCUT2D eigenvalue weighted by atomic mass is 32.2. The third-order valence-corrected chi connectivity index (χ3v) is 6.09. The van der Waals surface area contributed by atoms with Gasteiger partial charge in [-0.05, 0) is 29.8 Å². The van der Waals surface area contributed by atoms with E-state index in [0.29, 0.717) is 31.9 Å². The SMILES string of the molecule is O=C(NCc1ccccc1S(=O)(=O)N1CCOCC1)c1cccc(F)c1. The van der Waals surface area contributed by atoms with Crippen LogP contribution in [0.2, 0.25) is 0 Å². The maximum absolute atomic E-state index is 13.2. The van der Waals surface area contributed by atoms with Gasteiger partial charge in [-0.25, -0.2) is 12.8 Å². The number of morpholine rings is 1. The van der Waals surface area contributed by atoms with Crippen molar-refractivity contribution < 1.29 is 22.3 Å². The molecule has 138 valence electrons. The number of hydrogen-bond donors (Lipinski definition) is 1. The highest BCUT2D eigenvalue weighted by Gasteiger charge is 2.28. The monoisotopic (exact) mass is 378 g/mol. The lowest BCUT2D eigenvalue weighted by molar-refractivity contribution is 0.0730. The summed E-state index contributed by atoms with van der Waals surface area (Å²) in [5.74, 6) is -0.976. The lowest BCUT2D eigenvalue weighted by atomic mass is 10.2. The van der Waals surface area contributed by atoms with Crippen LogP contribution in [-0.4, -0.2) is 44.9 Å². The molecule has 8 heteroatoms. The first kappa shape index (κ1) is 18.5. The molecule has 2 aromatic rings. The predicted octanol–water partition coefficient (Wildman–Crippen LogP) is 1.78. The van der Waals surface area contributed by atoms with E-state index in [4.69, 9.17) is 4.74 Å². The number of hydrogen-bond acceptors (Lipinski definition) is 4. The van der Waals surface area contributed by atoms with Gasteiger partial charge in [-0.3, -0.25) is 4.79 Å². The van der Waals surface area contributed by atoms with Crippen molar-refractivity contribution in [2.24, 2.45) is 0 Å².